The van der Waals surface area contributed by atoms with E-state index in [1.807, 2.05) is 74.5 Å². The van der Waals surface area contributed by atoms with Gasteiger partial charge in [0.05, 0.1) is 6.04 Å². The highest BCUT2D eigenvalue weighted by atomic mass is 16.6. The van der Waals surface area contributed by atoms with Crippen LogP contribution >= 0.6 is 0 Å². The summed E-state index contributed by atoms with van der Waals surface area (Å²) in [5.41, 5.74) is 1.74. The monoisotopic (exact) mass is 525 g/mol. The number of benzene rings is 2. The van der Waals surface area contributed by atoms with Crippen molar-refractivity contribution < 1.29 is 28.7 Å². The molecule has 0 aliphatic rings. The highest BCUT2D eigenvalue weighted by molar-refractivity contribution is 5.91. The van der Waals surface area contributed by atoms with Gasteiger partial charge in [-0.3, -0.25) is 9.59 Å². The Morgan fingerprint density at radius 2 is 1.29 bits per heavy atom. The molecule has 0 spiro atoms. The zero-order chi connectivity index (χ0) is 27.8. The molecule has 0 bridgehead atoms. The molecule has 3 amide bonds. The molecule has 0 fully saturated rings. The van der Waals surface area contributed by atoms with Crippen molar-refractivity contribution in [3.63, 3.8) is 0 Å². The normalized spacial score (nSPS) is 12.2. The SMILES string of the molecule is CC(=O)C(CCCCNC(=O)OCc1ccccc1)NC(=O)[C@H](CC(C)C)NC(=O)OCc1ccccc1. The topological polar surface area (TPSA) is 123 Å². The van der Waals surface area contributed by atoms with Crippen LogP contribution in [0.5, 0.6) is 0 Å². The predicted octanol–water partition coefficient (Wildman–Crippen LogP) is 4.50. The molecule has 2 atom stereocenters. The molecule has 2 rings (SSSR count). The molecule has 0 aromatic heterocycles. The number of alkyl carbamates (subject to hydrolysis) is 2. The second-order valence-corrected chi connectivity index (χ2v) is 9.54. The zero-order valence-electron chi connectivity index (χ0n) is 22.4. The van der Waals surface area contributed by atoms with Gasteiger partial charge < -0.3 is 25.4 Å². The summed E-state index contributed by atoms with van der Waals surface area (Å²) in [5.74, 6) is -0.481. The van der Waals surface area contributed by atoms with Crippen molar-refractivity contribution in [1.29, 1.82) is 0 Å². The van der Waals surface area contributed by atoms with Crippen molar-refractivity contribution in [1.82, 2.24) is 16.0 Å². The Labute approximate surface area is 224 Å². The summed E-state index contributed by atoms with van der Waals surface area (Å²) >= 11 is 0. The molecule has 2 aromatic carbocycles. The van der Waals surface area contributed by atoms with Crippen molar-refractivity contribution in [2.24, 2.45) is 5.92 Å². The zero-order valence-corrected chi connectivity index (χ0v) is 22.4. The Bertz CT molecular complexity index is 1010. The molecule has 0 saturated heterocycles. The van der Waals surface area contributed by atoms with Crippen molar-refractivity contribution >= 4 is 23.9 Å². The smallest absolute Gasteiger partial charge is 0.408 e. The number of rotatable bonds is 15. The third-order valence-electron chi connectivity index (χ3n) is 5.74. The van der Waals surface area contributed by atoms with Crippen LogP contribution in [-0.4, -0.2) is 42.5 Å². The van der Waals surface area contributed by atoms with Crippen LogP contribution in [0.25, 0.3) is 0 Å². The second kappa shape index (κ2) is 16.8. The average Bonchev–Trinajstić information content (AvgIpc) is 2.90. The second-order valence-electron chi connectivity index (χ2n) is 9.54. The molecule has 0 aliphatic heterocycles. The fraction of sp³-hybridized carbons (Fsp3) is 0.448. The van der Waals surface area contributed by atoms with Crippen LogP contribution in [0.3, 0.4) is 0 Å². The maximum absolute atomic E-state index is 13.0. The quantitative estimate of drug-likeness (QED) is 0.294. The first kappa shape index (κ1) is 30.3. The lowest BCUT2D eigenvalue weighted by atomic mass is 10.0. The Balaban J connectivity index is 1.75. The van der Waals surface area contributed by atoms with Crippen molar-refractivity contribution in [3.05, 3.63) is 71.8 Å². The highest BCUT2D eigenvalue weighted by Gasteiger charge is 2.26. The lowest BCUT2D eigenvalue weighted by Crippen LogP contribution is -2.51. The van der Waals surface area contributed by atoms with E-state index in [4.69, 9.17) is 9.47 Å². The van der Waals surface area contributed by atoms with Crippen LogP contribution in [0.2, 0.25) is 0 Å². The largest absolute Gasteiger partial charge is 0.445 e. The summed E-state index contributed by atoms with van der Waals surface area (Å²) in [7, 11) is 0. The third kappa shape index (κ3) is 12.4. The summed E-state index contributed by atoms with van der Waals surface area (Å²) in [4.78, 5) is 49.3. The number of amides is 3. The summed E-state index contributed by atoms with van der Waals surface area (Å²) in [6, 6.07) is 17.1. The third-order valence-corrected chi connectivity index (χ3v) is 5.74. The molecule has 9 nitrogen and oxygen atoms in total. The molecule has 38 heavy (non-hydrogen) atoms. The molecule has 2 aromatic rings. The number of unbranched alkanes of at least 4 members (excludes halogenated alkanes) is 1. The fourth-order valence-electron chi connectivity index (χ4n) is 3.70. The summed E-state index contributed by atoms with van der Waals surface area (Å²) in [5, 5.41) is 8.08. The first-order valence-corrected chi connectivity index (χ1v) is 13.0. The summed E-state index contributed by atoms with van der Waals surface area (Å²) in [6.45, 7) is 5.97. The summed E-state index contributed by atoms with van der Waals surface area (Å²) < 4.78 is 10.4. The van der Waals surface area contributed by atoms with Crippen LogP contribution in [0, 0.1) is 5.92 Å². The van der Waals surface area contributed by atoms with Crippen LogP contribution < -0.4 is 16.0 Å². The number of carbonyl (C=O) groups is 4. The van der Waals surface area contributed by atoms with Crippen molar-refractivity contribution in [2.45, 2.75) is 71.8 Å². The van der Waals surface area contributed by atoms with Gasteiger partial charge >= 0.3 is 12.2 Å². The minimum absolute atomic E-state index is 0.0899. The highest BCUT2D eigenvalue weighted by Crippen LogP contribution is 2.09. The molecule has 206 valence electrons. The van der Waals surface area contributed by atoms with Gasteiger partial charge in [0.2, 0.25) is 5.91 Å². The average molecular weight is 526 g/mol. The first-order valence-electron chi connectivity index (χ1n) is 13.0. The van der Waals surface area contributed by atoms with Crippen molar-refractivity contribution in [3.8, 4) is 0 Å². The van der Waals surface area contributed by atoms with Crippen LogP contribution in [-0.2, 0) is 32.3 Å². The van der Waals surface area contributed by atoms with Gasteiger partial charge in [0.1, 0.15) is 19.3 Å². The minimum Gasteiger partial charge on any atom is -0.445 e. The van der Waals surface area contributed by atoms with Crippen molar-refractivity contribution in [2.75, 3.05) is 6.54 Å². The maximum Gasteiger partial charge on any atom is 0.408 e. The standard InChI is InChI=1S/C29H39N3O6/c1-21(2)18-26(32-29(36)38-20-24-14-8-5-9-15-24)27(34)31-25(22(3)33)16-10-11-17-30-28(35)37-19-23-12-6-4-7-13-23/h4-9,12-15,21,25-26H,10-11,16-20H2,1-3H3,(H,30,35)(H,31,34)(H,32,36)/t25?,26-/m0/s1. The molecule has 0 heterocycles. The van der Waals surface area contributed by atoms with Gasteiger partial charge in [-0.25, -0.2) is 9.59 Å². The number of hydrogen-bond donors (Lipinski definition) is 3. The Morgan fingerprint density at radius 3 is 1.82 bits per heavy atom. The van der Waals surface area contributed by atoms with E-state index in [1.54, 1.807) is 0 Å². The molecule has 1 unspecified atom stereocenters. The first-order chi connectivity index (χ1) is 18.2. The fourth-order valence-corrected chi connectivity index (χ4v) is 3.70. The predicted molar refractivity (Wildman–Crippen MR) is 144 cm³/mol. The number of nitrogens with one attached hydrogen (secondary N) is 3. The van der Waals surface area contributed by atoms with Gasteiger partial charge in [0.15, 0.2) is 5.78 Å². The number of hydrogen-bond acceptors (Lipinski definition) is 6. The van der Waals surface area contributed by atoms with Crippen LogP contribution in [0.15, 0.2) is 60.7 Å². The van der Waals surface area contributed by atoms with Crippen LogP contribution in [0.1, 0.15) is 57.6 Å². The molecule has 0 saturated carbocycles. The molecule has 0 radical (unpaired) electrons. The molecule has 0 aliphatic carbocycles. The van der Waals surface area contributed by atoms with Gasteiger partial charge in [0.25, 0.3) is 0 Å². The number of carbonyl (C=O) groups excluding carboxylic acids is 4. The Kier molecular flexibility index (Phi) is 13.4. The molecule has 9 heteroatoms. The molecule has 3 N–H and O–H groups in total. The lowest BCUT2D eigenvalue weighted by molar-refractivity contribution is -0.128. The van der Waals surface area contributed by atoms with E-state index < -0.39 is 30.2 Å². The number of ketones is 1. The van der Waals surface area contributed by atoms with Gasteiger partial charge in [0, 0.05) is 6.54 Å². The van der Waals surface area contributed by atoms with Gasteiger partial charge in [-0.2, -0.15) is 0 Å². The summed E-state index contributed by atoms with van der Waals surface area (Å²) in [6.07, 6.45) is 0.816. The van der Waals surface area contributed by atoms with Crippen LogP contribution in [0.4, 0.5) is 9.59 Å². The lowest BCUT2D eigenvalue weighted by Gasteiger charge is -2.23. The van der Waals surface area contributed by atoms with E-state index in [0.717, 1.165) is 11.1 Å². The van der Waals surface area contributed by atoms with E-state index in [-0.39, 0.29) is 24.9 Å². The Morgan fingerprint density at radius 1 is 0.737 bits per heavy atom. The van der Waals surface area contributed by atoms with E-state index in [2.05, 4.69) is 16.0 Å². The number of ether oxygens (including phenoxy) is 2. The Hall–Kier alpha value is -3.88. The van der Waals surface area contributed by atoms with E-state index in [0.29, 0.717) is 32.2 Å². The van der Waals surface area contributed by atoms with Gasteiger partial charge in [-0.15, -0.1) is 0 Å². The minimum atomic E-state index is -0.832. The maximum atomic E-state index is 13.0. The van der Waals surface area contributed by atoms with E-state index in [1.165, 1.54) is 6.92 Å². The van der Waals surface area contributed by atoms with E-state index >= 15 is 0 Å². The van der Waals surface area contributed by atoms with Gasteiger partial charge in [-0.1, -0.05) is 74.5 Å². The molecular formula is C29H39N3O6. The van der Waals surface area contributed by atoms with Gasteiger partial charge in [-0.05, 0) is 49.7 Å². The van der Waals surface area contributed by atoms with E-state index in [9.17, 15) is 19.2 Å². The molecular weight excluding hydrogens is 486 g/mol. The number of Topliss-reactive ketones (excluding diaryl/α,β-unsaturated/α-hetero) is 1.